The zero-order chi connectivity index (χ0) is 25.9. The van der Waals surface area contributed by atoms with Crippen LogP contribution in [0, 0.1) is 0 Å². The van der Waals surface area contributed by atoms with Gasteiger partial charge in [0.25, 0.3) is 0 Å². The molecule has 0 aliphatic carbocycles. The summed E-state index contributed by atoms with van der Waals surface area (Å²) in [6.07, 6.45) is 0. The topological polar surface area (TPSA) is 121 Å². The van der Waals surface area contributed by atoms with Crippen LogP contribution in [0.4, 0.5) is 0 Å². The van der Waals surface area contributed by atoms with Crippen LogP contribution in [0.1, 0.15) is 49.9 Å². The number of aromatic hydroxyl groups is 2. The fraction of sp³-hybridized carbons (Fsp3) is 0.188. The molecule has 4 rings (SSSR count). The molecular formula is C32H38O5Ti. The van der Waals surface area contributed by atoms with E-state index in [0.717, 1.165) is 11.1 Å². The van der Waals surface area contributed by atoms with Crippen molar-refractivity contribution in [2.24, 2.45) is 0 Å². The summed E-state index contributed by atoms with van der Waals surface area (Å²) in [5.41, 5.74) is 3.98. The molecule has 4 aromatic carbocycles. The van der Waals surface area contributed by atoms with Crippen molar-refractivity contribution in [3.05, 3.63) is 138 Å². The standard InChI is InChI=1S/2C15H16O.C2H2O.2H2O.Ti/c2*1-15(2,12-8-4-3-5-9-12)13-10-6-7-11-14(13)16;1-2-3;;;/h2*3-11,16H,1-2H3;1H2;2*1H2;. The number of hydrogen-bond donors (Lipinski definition) is 2. The number of benzene rings is 4. The maximum Gasteiger partial charge on any atom is 0.119 e. The zero-order valence-corrected chi connectivity index (χ0v) is 24.0. The smallest absolute Gasteiger partial charge is 0.119 e. The number of rotatable bonds is 4. The van der Waals surface area contributed by atoms with Gasteiger partial charge in [-0.3, -0.25) is 0 Å². The van der Waals surface area contributed by atoms with E-state index in [0.29, 0.717) is 11.5 Å². The molecule has 0 aliphatic heterocycles. The summed E-state index contributed by atoms with van der Waals surface area (Å²) in [5, 5.41) is 19.8. The summed E-state index contributed by atoms with van der Waals surface area (Å²) in [7, 11) is 0. The summed E-state index contributed by atoms with van der Waals surface area (Å²) >= 11 is 0. The predicted molar refractivity (Wildman–Crippen MR) is 152 cm³/mol. The Kier molecular flexibility index (Phi) is 16.6. The average Bonchev–Trinajstić information content (AvgIpc) is 2.86. The molecule has 0 amide bonds. The average molecular weight is 551 g/mol. The normalized spacial score (nSPS) is 9.79. The molecule has 0 aliphatic rings. The minimum atomic E-state index is -0.174. The Morgan fingerprint density at radius 3 is 1.05 bits per heavy atom. The van der Waals surface area contributed by atoms with Crippen LogP contribution in [-0.4, -0.2) is 27.1 Å². The maximum absolute atomic E-state index is 9.91. The first-order valence-electron chi connectivity index (χ1n) is 11.5. The van der Waals surface area contributed by atoms with E-state index in [4.69, 9.17) is 4.79 Å². The van der Waals surface area contributed by atoms with Crippen LogP contribution >= 0.6 is 0 Å². The third kappa shape index (κ3) is 9.46. The van der Waals surface area contributed by atoms with Crippen LogP contribution < -0.4 is 0 Å². The predicted octanol–water partition coefficient (Wildman–Crippen LogP) is 5.79. The molecule has 5 nitrogen and oxygen atoms in total. The molecule has 0 radical (unpaired) electrons. The van der Waals surface area contributed by atoms with Gasteiger partial charge in [0.2, 0.25) is 0 Å². The monoisotopic (exact) mass is 550 g/mol. The molecule has 0 aromatic heterocycles. The first-order valence-corrected chi connectivity index (χ1v) is 11.5. The van der Waals surface area contributed by atoms with Gasteiger partial charge in [-0.15, -0.1) is 0 Å². The SMILES string of the molecule is C=C=O.CC(C)(c1ccccc1)c1ccccc1O.CC(C)(c1ccccc1)c1ccccc1O.O.O.[Ti]. The van der Waals surface area contributed by atoms with E-state index in [1.807, 2.05) is 72.8 Å². The van der Waals surface area contributed by atoms with E-state index < -0.39 is 0 Å². The summed E-state index contributed by atoms with van der Waals surface area (Å²) in [6.45, 7) is 11.2. The van der Waals surface area contributed by atoms with E-state index >= 15 is 0 Å². The van der Waals surface area contributed by atoms with Crippen molar-refractivity contribution in [2.45, 2.75) is 38.5 Å². The number of phenolic OH excluding ortho intramolecular Hbond substituents is 2. The zero-order valence-electron chi connectivity index (χ0n) is 22.4. The van der Waals surface area contributed by atoms with Crippen molar-refractivity contribution >= 4 is 5.94 Å². The van der Waals surface area contributed by atoms with Crippen molar-refractivity contribution in [2.75, 3.05) is 0 Å². The number of hydrogen-bond acceptors (Lipinski definition) is 3. The van der Waals surface area contributed by atoms with E-state index in [9.17, 15) is 10.2 Å². The van der Waals surface area contributed by atoms with E-state index in [1.54, 1.807) is 12.1 Å². The number of para-hydroxylation sites is 2. The Morgan fingerprint density at radius 2 is 0.789 bits per heavy atom. The van der Waals surface area contributed by atoms with E-state index in [-0.39, 0.29) is 43.5 Å². The van der Waals surface area contributed by atoms with Gasteiger partial charge in [0.05, 0.1) is 0 Å². The molecule has 38 heavy (non-hydrogen) atoms. The number of carbonyl (C=O) groups excluding carboxylic acids is 1. The maximum atomic E-state index is 9.91. The van der Waals surface area contributed by atoms with Gasteiger partial charge in [-0.05, 0) is 29.8 Å². The Hall–Kier alpha value is -3.44. The van der Waals surface area contributed by atoms with Crippen LogP contribution in [0.15, 0.2) is 116 Å². The Bertz CT molecular complexity index is 1140. The summed E-state index contributed by atoms with van der Waals surface area (Å²) < 4.78 is 0. The van der Waals surface area contributed by atoms with Crippen molar-refractivity contribution in [3.63, 3.8) is 0 Å². The second kappa shape index (κ2) is 17.1. The molecule has 0 saturated heterocycles. The third-order valence-corrected chi connectivity index (χ3v) is 6.15. The van der Waals surface area contributed by atoms with Crippen molar-refractivity contribution in [1.29, 1.82) is 0 Å². The Balaban J connectivity index is 0. The molecule has 0 atom stereocenters. The Morgan fingerprint density at radius 1 is 0.553 bits per heavy atom. The van der Waals surface area contributed by atoms with Gasteiger partial charge in [0.15, 0.2) is 0 Å². The van der Waals surface area contributed by atoms with Crippen LogP contribution in [0.2, 0.25) is 0 Å². The molecule has 4 aromatic rings. The van der Waals surface area contributed by atoms with Crippen molar-refractivity contribution in [1.82, 2.24) is 0 Å². The molecule has 0 unspecified atom stereocenters. The molecule has 200 valence electrons. The van der Waals surface area contributed by atoms with E-state index in [1.165, 1.54) is 17.1 Å². The molecule has 0 spiro atoms. The molecule has 0 saturated carbocycles. The third-order valence-electron chi connectivity index (χ3n) is 6.15. The second-order valence-corrected chi connectivity index (χ2v) is 9.16. The van der Waals surface area contributed by atoms with Gasteiger partial charge in [-0.25, -0.2) is 4.79 Å². The first kappa shape index (κ1) is 36.7. The molecule has 0 bridgehead atoms. The van der Waals surface area contributed by atoms with Gasteiger partial charge >= 0.3 is 0 Å². The minimum Gasteiger partial charge on any atom is -0.508 e. The molecule has 0 fully saturated rings. The van der Waals surface area contributed by atoms with Gasteiger partial charge < -0.3 is 21.2 Å². The number of phenols is 2. The van der Waals surface area contributed by atoms with Crippen LogP contribution in [0.25, 0.3) is 0 Å². The molecule has 6 N–H and O–H groups in total. The first-order chi connectivity index (χ1) is 16.7. The van der Waals surface area contributed by atoms with Gasteiger partial charge in [-0.2, -0.15) is 0 Å². The van der Waals surface area contributed by atoms with E-state index in [2.05, 4.69) is 58.5 Å². The largest absolute Gasteiger partial charge is 0.508 e. The summed E-state index contributed by atoms with van der Waals surface area (Å²) in [6, 6.07) is 35.5. The molecule has 6 heteroatoms. The van der Waals surface area contributed by atoms with Crippen molar-refractivity contribution < 1.29 is 47.7 Å². The van der Waals surface area contributed by atoms with Gasteiger partial charge in [0.1, 0.15) is 17.4 Å². The van der Waals surface area contributed by atoms with Crippen molar-refractivity contribution in [3.8, 4) is 11.5 Å². The second-order valence-electron chi connectivity index (χ2n) is 9.16. The fourth-order valence-electron chi connectivity index (χ4n) is 4.02. The minimum absolute atomic E-state index is 0. The summed E-state index contributed by atoms with van der Waals surface area (Å²) in [4.78, 5) is 8.57. The summed E-state index contributed by atoms with van der Waals surface area (Å²) in [5.74, 6) is 1.97. The molecule has 0 heterocycles. The fourth-order valence-corrected chi connectivity index (χ4v) is 4.02. The van der Waals surface area contributed by atoms with Crippen LogP contribution in [0.5, 0.6) is 11.5 Å². The van der Waals surface area contributed by atoms with Crippen LogP contribution in [-0.2, 0) is 37.3 Å². The van der Waals surface area contributed by atoms with Crippen LogP contribution in [0.3, 0.4) is 0 Å². The molecular weight excluding hydrogens is 512 g/mol. The van der Waals surface area contributed by atoms with Gasteiger partial charge in [-0.1, -0.05) is 125 Å². The Labute approximate surface area is 241 Å². The van der Waals surface area contributed by atoms with Gasteiger partial charge in [0, 0.05) is 43.7 Å². The quantitative estimate of drug-likeness (QED) is 0.247.